The van der Waals surface area contributed by atoms with Crippen LogP contribution in [0, 0.1) is 12.3 Å². The summed E-state index contributed by atoms with van der Waals surface area (Å²) in [5.41, 5.74) is 2.01. The molecule has 1 saturated carbocycles. The van der Waals surface area contributed by atoms with E-state index in [1.807, 2.05) is 13.0 Å². The molecule has 1 aromatic rings. The smallest absolute Gasteiger partial charge is 0.251 e. The van der Waals surface area contributed by atoms with Gasteiger partial charge in [0.25, 0.3) is 5.91 Å². The molecule has 3 heteroatoms. The van der Waals surface area contributed by atoms with Crippen LogP contribution in [-0.2, 0) is 0 Å². The van der Waals surface area contributed by atoms with E-state index < -0.39 is 0 Å². The Balaban J connectivity index is 2.04. The van der Waals surface area contributed by atoms with E-state index in [9.17, 15) is 4.79 Å². The molecule has 0 radical (unpaired) electrons. The lowest BCUT2D eigenvalue weighted by Crippen LogP contribution is -2.33. The largest absolute Gasteiger partial charge is 0.349 e. The van der Waals surface area contributed by atoms with E-state index in [2.05, 4.69) is 19.2 Å². The molecular weight excluding hydrogens is 246 g/mol. The van der Waals surface area contributed by atoms with Crippen LogP contribution < -0.4 is 5.32 Å². The molecule has 1 N–H and O–H groups in total. The standard InChI is InChI=1S/C15H20ClNO/c1-10-8-11(16)4-5-13(10)14(18)17-12-6-7-15(2,3)9-12/h4-5,8,12H,6-7,9H2,1-3H3,(H,17,18). The first-order chi connectivity index (χ1) is 8.37. The molecule has 0 spiro atoms. The van der Waals surface area contributed by atoms with Crippen molar-refractivity contribution in [2.75, 3.05) is 0 Å². The monoisotopic (exact) mass is 265 g/mol. The lowest BCUT2D eigenvalue weighted by Gasteiger charge is -2.18. The third-order valence-corrected chi connectivity index (χ3v) is 3.97. The van der Waals surface area contributed by atoms with Crippen LogP contribution in [-0.4, -0.2) is 11.9 Å². The molecule has 0 bridgehead atoms. The van der Waals surface area contributed by atoms with Gasteiger partial charge in [-0.3, -0.25) is 4.79 Å². The fourth-order valence-corrected chi connectivity index (χ4v) is 2.93. The molecule has 0 aliphatic heterocycles. The number of halogens is 1. The highest BCUT2D eigenvalue weighted by Crippen LogP contribution is 2.37. The molecule has 1 fully saturated rings. The minimum absolute atomic E-state index is 0.0202. The summed E-state index contributed by atoms with van der Waals surface area (Å²) < 4.78 is 0. The predicted molar refractivity (Wildman–Crippen MR) is 75.1 cm³/mol. The van der Waals surface area contributed by atoms with Gasteiger partial charge in [0, 0.05) is 16.6 Å². The summed E-state index contributed by atoms with van der Waals surface area (Å²) in [7, 11) is 0. The van der Waals surface area contributed by atoms with E-state index in [1.165, 1.54) is 6.42 Å². The van der Waals surface area contributed by atoms with Crippen LogP contribution in [0.1, 0.15) is 49.0 Å². The van der Waals surface area contributed by atoms with Crippen molar-refractivity contribution in [3.63, 3.8) is 0 Å². The first kappa shape index (κ1) is 13.4. The highest BCUT2D eigenvalue weighted by molar-refractivity contribution is 6.30. The Hall–Kier alpha value is -1.02. The van der Waals surface area contributed by atoms with Gasteiger partial charge in [-0.15, -0.1) is 0 Å². The van der Waals surface area contributed by atoms with Crippen LogP contribution in [0.15, 0.2) is 18.2 Å². The maximum atomic E-state index is 12.2. The van der Waals surface area contributed by atoms with Crippen LogP contribution in [0.4, 0.5) is 0 Å². The summed E-state index contributed by atoms with van der Waals surface area (Å²) in [6.45, 7) is 6.43. The van der Waals surface area contributed by atoms with Gasteiger partial charge in [-0.05, 0) is 55.4 Å². The number of hydrogen-bond acceptors (Lipinski definition) is 1. The number of aryl methyl sites for hydroxylation is 1. The molecule has 2 rings (SSSR count). The van der Waals surface area contributed by atoms with Crippen molar-refractivity contribution < 1.29 is 4.79 Å². The molecule has 1 aromatic carbocycles. The maximum absolute atomic E-state index is 12.2. The zero-order valence-electron chi connectivity index (χ0n) is 11.2. The minimum atomic E-state index is 0.0202. The quantitative estimate of drug-likeness (QED) is 0.862. The van der Waals surface area contributed by atoms with E-state index in [-0.39, 0.29) is 5.91 Å². The van der Waals surface area contributed by atoms with Gasteiger partial charge < -0.3 is 5.32 Å². The molecule has 18 heavy (non-hydrogen) atoms. The van der Waals surface area contributed by atoms with Gasteiger partial charge in [-0.2, -0.15) is 0 Å². The van der Waals surface area contributed by atoms with Crippen molar-refractivity contribution in [1.82, 2.24) is 5.32 Å². The van der Waals surface area contributed by atoms with Crippen molar-refractivity contribution in [2.24, 2.45) is 5.41 Å². The third-order valence-electron chi connectivity index (χ3n) is 3.74. The Morgan fingerprint density at radius 2 is 2.17 bits per heavy atom. The second-order valence-corrected chi connectivity index (χ2v) is 6.47. The molecule has 1 atom stereocenters. The van der Waals surface area contributed by atoms with Crippen LogP contribution in [0.3, 0.4) is 0 Å². The number of hydrogen-bond donors (Lipinski definition) is 1. The van der Waals surface area contributed by atoms with Gasteiger partial charge in [0.2, 0.25) is 0 Å². The maximum Gasteiger partial charge on any atom is 0.251 e. The van der Waals surface area contributed by atoms with E-state index >= 15 is 0 Å². The van der Waals surface area contributed by atoms with Crippen molar-refractivity contribution >= 4 is 17.5 Å². The highest BCUT2D eigenvalue weighted by atomic mass is 35.5. The Labute approximate surface area is 114 Å². The van der Waals surface area contributed by atoms with Crippen LogP contribution >= 0.6 is 11.6 Å². The summed E-state index contributed by atoms with van der Waals surface area (Å²) in [6.07, 6.45) is 3.31. The third kappa shape index (κ3) is 3.05. The van der Waals surface area contributed by atoms with E-state index in [1.54, 1.807) is 12.1 Å². The molecule has 98 valence electrons. The first-order valence-electron chi connectivity index (χ1n) is 6.44. The predicted octanol–water partition coefficient (Wildman–Crippen LogP) is 3.96. The number of nitrogens with one attached hydrogen (secondary N) is 1. The van der Waals surface area contributed by atoms with Gasteiger partial charge in [-0.1, -0.05) is 25.4 Å². The SMILES string of the molecule is Cc1cc(Cl)ccc1C(=O)NC1CCC(C)(C)C1. The molecule has 0 heterocycles. The van der Waals surface area contributed by atoms with Gasteiger partial charge >= 0.3 is 0 Å². The average Bonchev–Trinajstić information content (AvgIpc) is 2.57. The zero-order chi connectivity index (χ0) is 13.3. The van der Waals surface area contributed by atoms with Gasteiger partial charge in [0.05, 0.1) is 0 Å². The Bertz CT molecular complexity index is 468. The van der Waals surface area contributed by atoms with E-state index in [0.717, 1.165) is 24.0 Å². The normalized spacial score (nSPS) is 21.9. The van der Waals surface area contributed by atoms with Crippen LogP contribution in [0.25, 0.3) is 0 Å². The van der Waals surface area contributed by atoms with Crippen molar-refractivity contribution in [1.29, 1.82) is 0 Å². The molecule has 0 aromatic heterocycles. The molecule has 0 saturated heterocycles. The lowest BCUT2D eigenvalue weighted by molar-refractivity contribution is 0.0935. The Morgan fingerprint density at radius 3 is 2.72 bits per heavy atom. The molecule has 1 amide bonds. The van der Waals surface area contributed by atoms with Gasteiger partial charge in [0.1, 0.15) is 0 Å². The molecule has 1 aliphatic carbocycles. The molecule has 1 unspecified atom stereocenters. The van der Waals surface area contributed by atoms with Crippen molar-refractivity contribution in [3.8, 4) is 0 Å². The van der Waals surface area contributed by atoms with Crippen molar-refractivity contribution in [2.45, 2.75) is 46.1 Å². The van der Waals surface area contributed by atoms with Crippen LogP contribution in [0.5, 0.6) is 0 Å². The van der Waals surface area contributed by atoms with Gasteiger partial charge in [0.15, 0.2) is 0 Å². The number of carbonyl (C=O) groups is 1. The second kappa shape index (κ2) is 4.93. The molecular formula is C15H20ClNO. The summed E-state index contributed by atoms with van der Waals surface area (Å²) in [6, 6.07) is 5.70. The number of benzene rings is 1. The van der Waals surface area contributed by atoms with Gasteiger partial charge in [-0.25, -0.2) is 0 Å². The Morgan fingerprint density at radius 1 is 1.44 bits per heavy atom. The highest BCUT2D eigenvalue weighted by Gasteiger charge is 2.31. The summed E-state index contributed by atoms with van der Waals surface area (Å²) in [5, 5.41) is 3.80. The van der Waals surface area contributed by atoms with Crippen LogP contribution in [0.2, 0.25) is 5.02 Å². The topological polar surface area (TPSA) is 29.1 Å². The fraction of sp³-hybridized carbons (Fsp3) is 0.533. The summed E-state index contributed by atoms with van der Waals surface area (Å²) >= 11 is 5.90. The van der Waals surface area contributed by atoms with E-state index in [0.29, 0.717) is 16.5 Å². The summed E-state index contributed by atoms with van der Waals surface area (Å²) in [5.74, 6) is 0.0202. The minimum Gasteiger partial charge on any atom is -0.349 e. The Kier molecular flexibility index (Phi) is 3.67. The summed E-state index contributed by atoms with van der Waals surface area (Å²) in [4.78, 5) is 12.2. The van der Waals surface area contributed by atoms with E-state index in [4.69, 9.17) is 11.6 Å². The number of carbonyl (C=O) groups excluding carboxylic acids is 1. The van der Waals surface area contributed by atoms with Crippen molar-refractivity contribution in [3.05, 3.63) is 34.3 Å². The molecule has 1 aliphatic rings. The second-order valence-electron chi connectivity index (χ2n) is 6.04. The fourth-order valence-electron chi connectivity index (χ4n) is 2.70. The zero-order valence-corrected chi connectivity index (χ0v) is 12.0. The average molecular weight is 266 g/mol. The molecule has 2 nitrogen and oxygen atoms in total. The number of amides is 1. The first-order valence-corrected chi connectivity index (χ1v) is 6.82. The number of rotatable bonds is 2. The lowest BCUT2D eigenvalue weighted by atomic mass is 9.92.